The maximum atomic E-state index is 5.89. The Hall–Kier alpha value is -1.28. The molecule has 0 amide bonds. The van der Waals surface area contributed by atoms with Crippen molar-refractivity contribution in [2.24, 2.45) is 4.99 Å². The zero-order chi connectivity index (χ0) is 18.1. The smallest absolute Gasteiger partial charge is 0.191 e. The van der Waals surface area contributed by atoms with Gasteiger partial charge in [-0.2, -0.15) is 0 Å². The lowest BCUT2D eigenvalue weighted by atomic mass is 10.0. The van der Waals surface area contributed by atoms with Gasteiger partial charge >= 0.3 is 0 Å². The van der Waals surface area contributed by atoms with Gasteiger partial charge in [0, 0.05) is 32.7 Å². The predicted octanol–water partition coefficient (Wildman–Crippen LogP) is 3.28. The minimum Gasteiger partial charge on any atom is -0.489 e. The number of rotatable bonds is 7. The molecule has 26 heavy (non-hydrogen) atoms. The number of para-hydroxylation sites is 1. The van der Waals surface area contributed by atoms with E-state index in [1.54, 1.807) is 0 Å². The van der Waals surface area contributed by atoms with Gasteiger partial charge in [0.2, 0.25) is 0 Å². The van der Waals surface area contributed by atoms with Gasteiger partial charge in [-0.25, -0.2) is 0 Å². The van der Waals surface area contributed by atoms with Crippen molar-refractivity contribution in [1.82, 2.24) is 15.5 Å². The van der Waals surface area contributed by atoms with Crippen LogP contribution in [0, 0.1) is 0 Å². The van der Waals surface area contributed by atoms with E-state index in [9.17, 15) is 0 Å². The fourth-order valence-electron chi connectivity index (χ4n) is 3.02. The van der Waals surface area contributed by atoms with Crippen molar-refractivity contribution < 1.29 is 4.74 Å². The third kappa shape index (κ3) is 8.40. The summed E-state index contributed by atoms with van der Waals surface area (Å²) in [6.45, 7) is 12.1. The van der Waals surface area contributed by atoms with Crippen LogP contribution in [-0.4, -0.2) is 56.2 Å². The van der Waals surface area contributed by atoms with Crippen LogP contribution in [0.1, 0.15) is 26.7 Å². The predicted molar refractivity (Wildman–Crippen MR) is 121 cm³/mol. The highest BCUT2D eigenvalue weighted by Crippen LogP contribution is 2.12. The van der Waals surface area contributed by atoms with Crippen LogP contribution in [-0.2, 0) is 0 Å². The van der Waals surface area contributed by atoms with Crippen molar-refractivity contribution >= 4 is 29.9 Å². The van der Waals surface area contributed by atoms with Crippen LogP contribution in [0.2, 0.25) is 0 Å². The molecule has 0 bridgehead atoms. The Balaban J connectivity index is 0.00000338. The second-order valence-electron chi connectivity index (χ2n) is 6.85. The molecule has 1 atom stereocenters. The van der Waals surface area contributed by atoms with Crippen LogP contribution in [0.25, 0.3) is 0 Å². The standard InChI is InChI=1S/C20H32N4O.HI/c1-16(2)15-24-12-10-18(11-13-24)23-20(21-4)22-14-17(3)25-19-8-6-5-7-9-19;/h5-9,17-18H,1,10-15H2,2-4H3,(H2,21,22,23);1H. The molecule has 6 heteroatoms. The molecule has 0 radical (unpaired) electrons. The molecular weight excluding hydrogens is 439 g/mol. The van der Waals surface area contributed by atoms with E-state index in [1.165, 1.54) is 5.57 Å². The molecule has 1 aromatic carbocycles. The first-order valence-electron chi connectivity index (χ1n) is 9.12. The first-order valence-corrected chi connectivity index (χ1v) is 9.12. The lowest BCUT2D eigenvalue weighted by Gasteiger charge is -2.33. The van der Waals surface area contributed by atoms with E-state index in [1.807, 2.05) is 37.4 Å². The molecule has 0 spiro atoms. The van der Waals surface area contributed by atoms with Crippen molar-refractivity contribution in [2.75, 3.05) is 33.2 Å². The van der Waals surface area contributed by atoms with Gasteiger partial charge in [-0.05, 0) is 38.8 Å². The Bertz CT molecular complexity index is 556. The largest absolute Gasteiger partial charge is 0.489 e. The number of guanidine groups is 1. The summed E-state index contributed by atoms with van der Waals surface area (Å²) in [5.41, 5.74) is 1.23. The Morgan fingerprint density at radius 1 is 1.31 bits per heavy atom. The Kier molecular flexibility index (Phi) is 10.7. The van der Waals surface area contributed by atoms with Gasteiger partial charge in [0.25, 0.3) is 0 Å². The highest BCUT2D eigenvalue weighted by atomic mass is 127. The molecule has 1 aliphatic rings. The summed E-state index contributed by atoms with van der Waals surface area (Å²) in [6.07, 6.45) is 2.33. The van der Waals surface area contributed by atoms with Gasteiger partial charge < -0.3 is 15.4 Å². The number of aliphatic imine (C=N–C) groups is 1. The van der Waals surface area contributed by atoms with Crippen LogP contribution in [0.5, 0.6) is 5.75 Å². The molecule has 0 saturated carbocycles. The van der Waals surface area contributed by atoms with E-state index in [4.69, 9.17) is 4.74 Å². The van der Waals surface area contributed by atoms with Crippen molar-refractivity contribution in [3.05, 3.63) is 42.5 Å². The highest BCUT2D eigenvalue weighted by molar-refractivity contribution is 14.0. The third-order valence-electron chi connectivity index (χ3n) is 4.28. The molecule has 1 heterocycles. The van der Waals surface area contributed by atoms with Gasteiger partial charge in [-0.3, -0.25) is 9.89 Å². The van der Waals surface area contributed by atoms with Gasteiger partial charge in [-0.1, -0.05) is 30.4 Å². The quantitative estimate of drug-likeness (QED) is 0.277. The number of ether oxygens (including phenoxy) is 1. The molecule has 2 rings (SSSR count). The van der Waals surface area contributed by atoms with Crippen LogP contribution < -0.4 is 15.4 Å². The molecule has 1 unspecified atom stereocenters. The number of piperidine rings is 1. The number of halogens is 1. The van der Waals surface area contributed by atoms with Gasteiger partial charge in [0.1, 0.15) is 11.9 Å². The van der Waals surface area contributed by atoms with Crippen molar-refractivity contribution in [2.45, 2.75) is 38.8 Å². The molecule has 0 aromatic heterocycles. The molecule has 0 aliphatic carbocycles. The zero-order valence-electron chi connectivity index (χ0n) is 16.2. The average molecular weight is 472 g/mol. The first kappa shape index (κ1) is 22.8. The van der Waals surface area contributed by atoms with Gasteiger partial charge in [0.05, 0.1) is 6.54 Å². The highest BCUT2D eigenvalue weighted by Gasteiger charge is 2.19. The molecule has 1 aromatic rings. The van der Waals surface area contributed by atoms with Gasteiger partial charge in [-0.15, -0.1) is 24.0 Å². The number of nitrogens with zero attached hydrogens (tertiary/aromatic N) is 2. The van der Waals surface area contributed by atoms with E-state index < -0.39 is 0 Å². The van der Waals surface area contributed by atoms with Gasteiger partial charge in [0.15, 0.2) is 5.96 Å². The van der Waals surface area contributed by atoms with E-state index in [2.05, 4.69) is 41.0 Å². The fourth-order valence-corrected chi connectivity index (χ4v) is 3.02. The minimum absolute atomic E-state index is 0. The average Bonchev–Trinajstić information content (AvgIpc) is 2.60. The SMILES string of the molecule is C=C(C)CN1CCC(NC(=NC)NCC(C)Oc2ccccc2)CC1.I. The van der Waals surface area contributed by atoms with Crippen molar-refractivity contribution in [3.63, 3.8) is 0 Å². The monoisotopic (exact) mass is 472 g/mol. The number of hydrogen-bond acceptors (Lipinski definition) is 3. The Morgan fingerprint density at radius 2 is 1.96 bits per heavy atom. The second-order valence-corrected chi connectivity index (χ2v) is 6.85. The van der Waals surface area contributed by atoms with Crippen molar-refractivity contribution in [3.8, 4) is 5.75 Å². The van der Waals surface area contributed by atoms with Crippen LogP contribution in [0.3, 0.4) is 0 Å². The fraction of sp³-hybridized carbons (Fsp3) is 0.550. The molecule has 5 nitrogen and oxygen atoms in total. The number of likely N-dealkylation sites (tertiary alicyclic amines) is 1. The van der Waals surface area contributed by atoms with Crippen molar-refractivity contribution in [1.29, 1.82) is 0 Å². The van der Waals surface area contributed by atoms with E-state index in [0.717, 1.165) is 44.2 Å². The van der Waals surface area contributed by atoms with Crippen LogP contribution in [0.4, 0.5) is 0 Å². The summed E-state index contributed by atoms with van der Waals surface area (Å²) in [4.78, 5) is 6.80. The summed E-state index contributed by atoms with van der Waals surface area (Å²) in [5, 5.41) is 6.90. The van der Waals surface area contributed by atoms with Crippen LogP contribution in [0.15, 0.2) is 47.5 Å². The number of benzene rings is 1. The van der Waals surface area contributed by atoms with Crippen LogP contribution >= 0.6 is 24.0 Å². The Morgan fingerprint density at radius 3 is 2.54 bits per heavy atom. The first-order chi connectivity index (χ1) is 12.1. The molecule has 1 saturated heterocycles. The molecule has 1 fully saturated rings. The third-order valence-corrected chi connectivity index (χ3v) is 4.28. The minimum atomic E-state index is 0. The molecular formula is C20H33IN4O. The topological polar surface area (TPSA) is 48.9 Å². The Labute approximate surface area is 175 Å². The summed E-state index contributed by atoms with van der Waals surface area (Å²) >= 11 is 0. The zero-order valence-corrected chi connectivity index (χ0v) is 18.5. The normalized spacial score (nSPS) is 17.1. The summed E-state index contributed by atoms with van der Waals surface area (Å²) < 4.78 is 5.89. The molecule has 146 valence electrons. The summed E-state index contributed by atoms with van der Waals surface area (Å²) in [6, 6.07) is 10.4. The summed E-state index contributed by atoms with van der Waals surface area (Å²) in [5.74, 6) is 1.74. The molecule has 2 N–H and O–H groups in total. The lowest BCUT2D eigenvalue weighted by Crippen LogP contribution is -2.50. The lowest BCUT2D eigenvalue weighted by molar-refractivity contribution is 0.217. The number of hydrogen-bond donors (Lipinski definition) is 2. The van der Waals surface area contributed by atoms with E-state index in [-0.39, 0.29) is 30.1 Å². The van der Waals surface area contributed by atoms with E-state index in [0.29, 0.717) is 12.6 Å². The summed E-state index contributed by atoms with van der Waals surface area (Å²) in [7, 11) is 1.81. The second kappa shape index (κ2) is 12.2. The molecule has 1 aliphatic heterocycles. The van der Waals surface area contributed by atoms with E-state index >= 15 is 0 Å². The maximum Gasteiger partial charge on any atom is 0.191 e. The maximum absolute atomic E-state index is 5.89. The number of nitrogens with one attached hydrogen (secondary N) is 2.